The van der Waals surface area contributed by atoms with Crippen LogP contribution in [0.2, 0.25) is 0 Å². The number of hydrogen-bond acceptors (Lipinski definition) is 2. The van der Waals surface area contributed by atoms with Crippen LogP contribution in [0.1, 0.15) is 67.7 Å². The average Bonchev–Trinajstić information content (AvgIpc) is 2.73. The Labute approximate surface area is 170 Å². The van der Waals surface area contributed by atoms with E-state index in [2.05, 4.69) is 74.5 Å². The highest BCUT2D eigenvalue weighted by Gasteiger charge is 2.36. The highest BCUT2D eigenvalue weighted by molar-refractivity contribution is 5.46. The molecule has 2 unspecified atom stereocenters. The van der Waals surface area contributed by atoms with Crippen LogP contribution in [0.4, 0.5) is 0 Å². The maximum atomic E-state index is 7.00. The van der Waals surface area contributed by atoms with E-state index >= 15 is 0 Å². The standard InChI is InChI=1S/C26H34N2/c1-3-5-7-20-9-13-22(14-10-20)25-19-24(27)17-18-26(25,28)23-15-11-21(12-16-23)8-6-4-2/h9-19,25H,3-8,27-28H2,1-2H3. The largest absolute Gasteiger partial charge is 0.399 e. The van der Waals surface area contributed by atoms with Crippen molar-refractivity contribution in [1.82, 2.24) is 0 Å². The topological polar surface area (TPSA) is 52.0 Å². The van der Waals surface area contributed by atoms with Crippen LogP contribution in [-0.2, 0) is 18.4 Å². The van der Waals surface area contributed by atoms with E-state index in [4.69, 9.17) is 11.5 Å². The molecule has 148 valence electrons. The first kappa shape index (κ1) is 20.4. The van der Waals surface area contributed by atoms with E-state index in [1.807, 2.05) is 6.08 Å². The normalized spacial score (nSPS) is 21.5. The molecule has 2 atom stereocenters. The van der Waals surface area contributed by atoms with Gasteiger partial charge in [0.15, 0.2) is 0 Å². The van der Waals surface area contributed by atoms with Crippen LogP contribution < -0.4 is 11.5 Å². The Balaban J connectivity index is 1.88. The van der Waals surface area contributed by atoms with Crippen molar-refractivity contribution in [1.29, 1.82) is 0 Å². The van der Waals surface area contributed by atoms with Gasteiger partial charge in [0.05, 0.1) is 5.54 Å². The van der Waals surface area contributed by atoms with Gasteiger partial charge in [-0.25, -0.2) is 0 Å². The number of aryl methyl sites for hydroxylation is 2. The summed E-state index contributed by atoms with van der Waals surface area (Å²) in [5, 5.41) is 0. The lowest BCUT2D eigenvalue weighted by Crippen LogP contribution is -2.42. The summed E-state index contributed by atoms with van der Waals surface area (Å²) in [7, 11) is 0. The van der Waals surface area contributed by atoms with Gasteiger partial charge >= 0.3 is 0 Å². The monoisotopic (exact) mass is 374 g/mol. The molecule has 0 saturated carbocycles. The van der Waals surface area contributed by atoms with E-state index in [9.17, 15) is 0 Å². The second kappa shape index (κ2) is 9.25. The Hall–Kier alpha value is -2.32. The van der Waals surface area contributed by atoms with Crippen LogP contribution in [0.25, 0.3) is 0 Å². The van der Waals surface area contributed by atoms with Gasteiger partial charge in [-0.3, -0.25) is 0 Å². The third kappa shape index (κ3) is 4.56. The van der Waals surface area contributed by atoms with Gasteiger partial charge in [0, 0.05) is 11.6 Å². The lowest BCUT2D eigenvalue weighted by Gasteiger charge is -2.37. The predicted octanol–water partition coefficient (Wildman–Crippen LogP) is 5.72. The number of rotatable bonds is 8. The van der Waals surface area contributed by atoms with E-state index in [1.54, 1.807) is 0 Å². The van der Waals surface area contributed by atoms with Gasteiger partial charge in [-0.15, -0.1) is 0 Å². The van der Waals surface area contributed by atoms with Crippen LogP contribution in [0.5, 0.6) is 0 Å². The molecular weight excluding hydrogens is 340 g/mol. The van der Waals surface area contributed by atoms with Crippen LogP contribution in [0, 0.1) is 0 Å². The summed E-state index contributed by atoms with van der Waals surface area (Å²) in [5.74, 6) is 0.0271. The van der Waals surface area contributed by atoms with E-state index in [1.165, 1.54) is 42.4 Å². The van der Waals surface area contributed by atoms with E-state index in [0.29, 0.717) is 0 Å². The fourth-order valence-electron chi connectivity index (χ4n) is 3.99. The molecular formula is C26H34N2. The molecule has 3 rings (SSSR count). The predicted molar refractivity (Wildman–Crippen MR) is 120 cm³/mol. The molecule has 28 heavy (non-hydrogen) atoms. The van der Waals surface area contributed by atoms with Crippen molar-refractivity contribution >= 4 is 0 Å². The number of nitrogens with two attached hydrogens (primary N) is 2. The maximum Gasteiger partial charge on any atom is 0.0704 e. The molecule has 0 bridgehead atoms. The van der Waals surface area contributed by atoms with Crippen LogP contribution in [0.15, 0.2) is 72.5 Å². The van der Waals surface area contributed by atoms with Gasteiger partial charge in [0.2, 0.25) is 0 Å². The third-order valence-electron chi connectivity index (χ3n) is 5.86. The molecule has 2 aromatic rings. The van der Waals surface area contributed by atoms with Gasteiger partial charge in [0.25, 0.3) is 0 Å². The minimum absolute atomic E-state index is 0.0271. The van der Waals surface area contributed by atoms with E-state index < -0.39 is 5.54 Å². The van der Waals surface area contributed by atoms with Crippen molar-refractivity contribution in [2.45, 2.75) is 63.8 Å². The highest BCUT2D eigenvalue weighted by Crippen LogP contribution is 2.40. The van der Waals surface area contributed by atoms with Gasteiger partial charge in [-0.2, -0.15) is 0 Å². The Morgan fingerprint density at radius 1 is 0.821 bits per heavy atom. The third-order valence-corrected chi connectivity index (χ3v) is 5.86. The summed E-state index contributed by atoms with van der Waals surface area (Å²) in [5.41, 5.74) is 18.5. The first-order chi connectivity index (χ1) is 13.6. The van der Waals surface area contributed by atoms with Crippen molar-refractivity contribution in [2.75, 3.05) is 0 Å². The van der Waals surface area contributed by atoms with Gasteiger partial charge < -0.3 is 11.5 Å². The zero-order valence-corrected chi connectivity index (χ0v) is 17.3. The van der Waals surface area contributed by atoms with Gasteiger partial charge in [-0.05, 0) is 54.0 Å². The summed E-state index contributed by atoms with van der Waals surface area (Å²) >= 11 is 0. The van der Waals surface area contributed by atoms with Gasteiger partial charge in [0.1, 0.15) is 0 Å². The highest BCUT2D eigenvalue weighted by atomic mass is 14.8. The maximum absolute atomic E-state index is 7.00. The molecule has 2 nitrogen and oxygen atoms in total. The van der Waals surface area contributed by atoms with E-state index in [0.717, 1.165) is 24.1 Å². The lowest BCUT2D eigenvalue weighted by molar-refractivity contribution is 0.493. The molecule has 2 aromatic carbocycles. The molecule has 0 heterocycles. The fraction of sp³-hybridized carbons (Fsp3) is 0.385. The number of hydrogen-bond donors (Lipinski definition) is 2. The summed E-state index contributed by atoms with van der Waals surface area (Å²) in [6.07, 6.45) is 13.2. The molecule has 1 aliphatic rings. The van der Waals surface area contributed by atoms with Crippen LogP contribution in [-0.4, -0.2) is 0 Å². The zero-order chi connectivity index (χ0) is 20.0. The smallest absolute Gasteiger partial charge is 0.0704 e. The number of unbranched alkanes of at least 4 members (excludes halogenated alkanes) is 2. The second-order valence-corrected chi connectivity index (χ2v) is 8.06. The Bertz CT molecular complexity index is 815. The minimum atomic E-state index is -0.586. The quantitative estimate of drug-likeness (QED) is 0.620. The minimum Gasteiger partial charge on any atom is -0.399 e. The average molecular weight is 375 g/mol. The molecule has 0 aliphatic heterocycles. The van der Waals surface area contributed by atoms with Gasteiger partial charge in [-0.1, -0.05) is 87.4 Å². The molecule has 1 aliphatic carbocycles. The van der Waals surface area contributed by atoms with Crippen molar-refractivity contribution in [3.05, 3.63) is 94.7 Å². The lowest BCUT2D eigenvalue weighted by atomic mass is 9.72. The molecule has 2 heteroatoms. The second-order valence-electron chi connectivity index (χ2n) is 8.06. The van der Waals surface area contributed by atoms with Crippen molar-refractivity contribution in [2.24, 2.45) is 11.5 Å². The molecule has 4 N–H and O–H groups in total. The Morgan fingerprint density at radius 3 is 1.89 bits per heavy atom. The first-order valence-corrected chi connectivity index (χ1v) is 10.7. The summed E-state index contributed by atoms with van der Waals surface area (Å²) in [4.78, 5) is 0. The molecule has 0 spiro atoms. The van der Waals surface area contributed by atoms with E-state index in [-0.39, 0.29) is 5.92 Å². The number of benzene rings is 2. The molecule has 0 radical (unpaired) electrons. The summed E-state index contributed by atoms with van der Waals surface area (Å²) in [6, 6.07) is 17.7. The molecule has 0 aromatic heterocycles. The Kier molecular flexibility index (Phi) is 6.74. The molecule has 0 fully saturated rings. The van der Waals surface area contributed by atoms with Crippen molar-refractivity contribution in [3.63, 3.8) is 0 Å². The zero-order valence-electron chi connectivity index (χ0n) is 17.3. The molecule has 0 amide bonds. The first-order valence-electron chi connectivity index (χ1n) is 10.7. The molecule has 0 saturated heterocycles. The summed E-state index contributed by atoms with van der Waals surface area (Å²) in [6.45, 7) is 4.46. The summed E-state index contributed by atoms with van der Waals surface area (Å²) < 4.78 is 0. The van der Waals surface area contributed by atoms with Crippen LogP contribution in [0.3, 0.4) is 0 Å². The Morgan fingerprint density at radius 2 is 1.36 bits per heavy atom. The SMILES string of the molecule is CCCCc1ccc(C2C=C(N)C=CC2(N)c2ccc(CCCC)cc2)cc1. The fourth-order valence-corrected chi connectivity index (χ4v) is 3.99. The number of allylic oxidation sites excluding steroid dienone is 1. The van der Waals surface area contributed by atoms with Crippen molar-refractivity contribution < 1.29 is 0 Å². The van der Waals surface area contributed by atoms with Crippen molar-refractivity contribution in [3.8, 4) is 0 Å². The van der Waals surface area contributed by atoms with Crippen LogP contribution >= 0.6 is 0 Å².